The molecule has 2 heterocycles. The Labute approximate surface area is 156 Å². The zero-order valence-corrected chi connectivity index (χ0v) is 15.1. The highest BCUT2D eigenvalue weighted by atomic mass is 16.4. The standard InChI is InChI=1S/C19H22N4O4/c1-12(24)21-14(7-8-17(20)25)19(26)23-10-9-16-15(11-23)22-18(27-16)13-5-3-2-4-6-13/h2-6,14H,7-11H2,1H3,(H2,20,25)(H,21,24)/t14-/m0/s1. The molecule has 0 unspecified atom stereocenters. The number of benzene rings is 1. The molecule has 27 heavy (non-hydrogen) atoms. The minimum atomic E-state index is -0.781. The summed E-state index contributed by atoms with van der Waals surface area (Å²) in [5.41, 5.74) is 6.76. The summed E-state index contributed by atoms with van der Waals surface area (Å²) in [6, 6.07) is 8.78. The summed E-state index contributed by atoms with van der Waals surface area (Å²) < 4.78 is 5.84. The maximum Gasteiger partial charge on any atom is 0.245 e. The molecule has 1 aliphatic rings. The summed E-state index contributed by atoms with van der Waals surface area (Å²) in [5.74, 6) is 0.209. The molecule has 0 fully saturated rings. The second-order valence-corrected chi connectivity index (χ2v) is 6.52. The average molecular weight is 370 g/mol. The minimum absolute atomic E-state index is 0.0257. The van der Waals surface area contributed by atoms with Crippen LogP contribution >= 0.6 is 0 Å². The lowest BCUT2D eigenvalue weighted by atomic mass is 10.1. The summed E-state index contributed by atoms with van der Waals surface area (Å²) >= 11 is 0. The molecule has 3 N–H and O–H groups in total. The van der Waals surface area contributed by atoms with E-state index in [-0.39, 0.29) is 24.7 Å². The van der Waals surface area contributed by atoms with Gasteiger partial charge in [-0.15, -0.1) is 0 Å². The fourth-order valence-corrected chi connectivity index (χ4v) is 3.10. The molecule has 8 heteroatoms. The first kappa shape index (κ1) is 18.6. The van der Waals surface area contributed by atoms with Gasteiger partial charge in [-0.2, -0.15) is 0 Å². The maximum atomic E-state index is 12.8. The van der Waals surface area contributed by atoms with Gasteiger partial charge in [0.05, 0.1) is 6.54 Å². The Bertz CT molecular complexity index is 847. The van der Waals surface area contributed by atoms with E-state index in [1.54, 1.807) is 4.90 Å². The van der Waals surface area contributed by atoms with Crippen molar-refractivity contribution in [1.29, 1.82) is 0 Å². The Morgan fingerprint density at radius 2 is 2.04 bits per heavy atom. The molecule has 1 atom stereocenters. The number of nitrogens with one attached hydrogen (secondary N) is 1. The van der Waals surface area contributed by atoms with Gasteiger partial charge in [0.2, 0.25) is 23.6 Å². The van der Waals surface area contributed by atoms with Crippen LogP contribution in [0.1, 0.15) is 31.2 Å². The van der Waals surface area contributed by atoms with E-state index < -0.39 is 11.9 Å². The molecule has 8 nitrogen and oxygen atoms in total. The Morgan fingerprint density at radius 1 is 1.30 bits per heavy atom. The van der Waals surface area contributed by atoms with Gasteiger partial charge in [-0.3, -0.25) is 14.4 Å². The Morgan fingerprint density at radius 3 is 2.70 bits per heavy atom. The Kier molecular flexibility index (Phi) is 5.54. The molecule has 0 saturated carbocycles. The Hall–Kier alpha value is -3.16. The van der Waals surface area contributed by atoms with Crippen molar-refractivity contribution >= 4 is 17.7 Å². The van der Waals surface area contributed by atoms with Crippen molar-refractivity contribution in [3.8, 4) is 11.5 Å². The predicted molar refractivity (Wildman–Crippen MR) is 97.1 cm³/mol. The van der Waals surface area contributed by atoms with Crippen LogP contribution in [-0.4, -0.2) is 40.2 Å². The van der Waals surface area contributed by atoms with Crippen molar-refractivity contribution in [2.75, 3.05) is 6.54 Å². The van der Waals surface area contributed by atoms with Gasteiger partial charge in [0.25, 0.3) is 0 Å². The third kappa shape index (κ3) is 4.52. The quantitative estimate of drug-likeness (QED) is 0.786. The van der Waals surface area contributed by atoms with Crippen LogP contribution in [0, 0.1) is 0 Å². The highest BCUT2D eigenvalue weighted by Gasteiger charge is 2.30. The molecule has 3 rings (SSSR count). The topological polar surface area (TPSA) is 119 Å². The number of oxazole rings is 1. The molecule has 2 aromatic rings. The van der Waals surface area contributed by atoms with Crippen molar-refractivity contribution in [3.05, 3.63) is 41.8 Å². The van der Waals surface area contributed by atoms with Crippen LogP contribution < -0.4 is 11.1 Å². The van der Waals surface area contributed by atoms with Gasteiger partial charge >= 0.3 is 0 Å². The fraction of sp³-hybridized carbons (Fsp3) is 0.368. The molecular formula is C19H22N4O4. The third-order valence-corrected chi connectivity index (χ3v) is 4.42. The number of hydrogen-bond donors (Lipinski definition) is 2. The molecule has 3 amide bonds. The van der Waals surface area contributed by atoms with E-state index in [9.17, 15) is 14.4 Å². The number of amides is 3. The van der Waals surface area contributed by atoms with Crippen LogP contribution in [0.25, 0.3) is 11.5 Å². The number of nitrogens with two attached hydrogens (primary N) is 1. The van der Waals surface area contributed by atoms with Crippen LogP contribution in [0.2, 0.25) is 0 Å². The van der Waals surface area contributed by atoms with E-state index in [1.165, 1.54) is 6.92 Å². The van der Waals surface area contributed by atoms with E-state index in [0.717, 1.165) is 11.3 Å². The van der Waals surface area contributed by atoms with Crippen LogP contribution in [0.5, 0.6) is 0 Å². The molecule has 1 aromatic heterocycles. The molecule has 1 aromatic carbocycles. The summed E-state index contributed by atoms with van der Waals surface area (Å²) in [4.78, 5) is 41.5. The minimum Gasteiger partial charge on any atom is -0.441 e. The molecular weight excluding hydrogens is 348 g/mol. The van der Waals surface area contributed by atoms with Gasteiger partial charge in [0, 0.05) is 31.9 Å². The summed E-state index contributed by atoms with van der Waals surface area (Å²) in [5, 5.41) is 2.61. The van der Waals surface area contributed by atoms with E-state index in [2.05, 4.69) is 10.3 Å². The lowest BCUT2D eigenvalue weighted by molar-refractivity contribution is -0.137. The van der Waals surface area contributed by atoms with Crippen LogP contribution in [0.4, 0.5) is 0 Å². The lowest BCUT2D eigenvalue weighted by Crippen LogP contribution is -2.49. The van der Waals surface area contributed by atoms with Crippen LogP contribution in [0.3, 0.4) is 0 Å². The number of rotatable bonds is 6. The predicted octanol–water partition coefficient (Wildman–Crippen LogP) is 0.997. The van der Waals surface area contributed by atoms with E-state index in [1.807, 2.05) is 30.3 Å². The largest absolute Gasteiger partial charge is 0.441 e. The second-order valence-electron chi connectivity index (χ2n) is 6.52. The van der Waals surface area contributed by atoms with Gasteiger partial charge in [-0.1, -0.05) is 18.2 Å². The van der Waals surface area contributed by atoms with E-state index >= 15 is 0 Å². The van der Waals surface area contributed by atoms with E-state index in [4.69, 9.17) is 10.2 Å². The second kappa shape index (κ2) is 8.03. The highest BCUT2D eigenvalue weighted by Crippen LogP contribution is 2.26. The summed E-state index contributed by atoms with van der Waals surface area (Å²) in [6.07, 6.45) is 0.743. The Balaban J connectivity index is 1.73. The molecule has 0 radical (unpaired) electrons. The first-order chi connectivity index (χ1) is 12.9. The average Bonchev–Trinajstić information content (AvgIpc) is 3.08. The zero-order chi connectivity index (χ0) is 19.4. The number of aromatic nitrogens is 1. The highest BCUT2D eigenvalue weighted by molar-refractivity contribution is 5.87. The number of nitrogens with zero attached hydrogens (tertiary/aromatic N) is 2. The number of carbonyl (C=O) groups is 3. The number of hydrogen-bond acceptors (Lipinski definition) is 5. The van der Waals surface area contributed by atoms with Gasteiger partial charge in [-0.05, 0) is 18.6 Å². The van der Waals surface area contributed by atoms with Crippen molar-refractivity contribution < 1.29 is 18.8 Å². The fourth-order valence-electron chi connectivity index (χ4n) is 3.10. The van der Waals surface area contributed by atoms with Crippen molar-refractivity contribution in [2.45, 2.75) is 38.8 Å². The third-order valence-electron chi connectivity index (χ3n) is 4.42. The van der Waals surface area contributed by atoms with Gasteiger partial charge in [-0.25, -0.2) is 4.98 Å². The maximum absolute atomic E-state index is 12.8. The molecule has 0 spiro atoms. The lowest BCUT2D eigenvalue weighted by Gasteiger charge is -2.29. The molecule has 0 aliphatic carbocycles. The monoisotopic (exact) mass is 370 g/mol. The first-order valence-electron chi connectivity index (χ1n) is 8.82. The molecule has 0 bridgehead atoms. The normalized spacial score (nSPS) is 14.3. The molecule has 142 valence electrons. The number of carbonyl (C=O) groups excluding carboxylic acids is 3. The van der Waals surface area contributed by atoms with E-state index in [0.29, 0.717) is 31.1 Å². The van der Waals surface area contributed by atoms with Crippen LogP contribution in [0.15, 0.2) is 34.7 Å². The SMILES string of the molecule is CC(=O)N[C@@H](CCC(N)=O)C(=O)N1CCc2oc(-c3ccccc3)nc2C1. The van der Waals surface area contributed by atoms with Gasteiger partial charge in [0.15, 0.2) is 0 Å². The van der Waals surface area contributed by atoms with Crippen molar-refractivity contribution in [1.82, 2.24) is 15.2 Å². The molecule has 1 aliphatic heterocycles. The van der Waals surface area contributed by atoms with Gasteiger partial charge < -0.3 is 20.4 Å². The van der Waals surface area contributed by atoms with Crippen molar-refractivity contribution in [3.63, 3.8) is 0 Å². The summed E-state index contributed by atoms with van der Waals surface area (Å²) in [6.45, 7) is 2.10. The van der Waals surface area contributed by atoms with Crippen molar-refractivity contribution in [2.24, 2.45) is 5.73 Å². The number of primary amides is 1. The van der Waals surface area contributed by atoms with Gasteiger partial charge in [0.1, 0.15) is 17.5 Å². The van der Waals surface area contributed by atoms with Crippen LogP contribution in [-0.2, 0) is 27.3 Å². The molecule has 0 saturated heterocycles. The number of fused-ring (bicyclic) bond motifs is 1. The zero-order valence-electron chi connectivity index (χ0n) is 15.1. The smallest absolute Gasteiger partial charge is 0.245 e. The first-order valence-corrected chi connectivity index (χ1v) is 8.82. The summed E-state index contributed by atoms with van der Waals surface area (Å²) in [7, 11) is 0.